The molecule has 2 unspecified atom stereocenters. The lowest BCUT2D eigenvalue weighted by atomic mass is 9.49. The van der Waals surface area contributed by atoms with E-state index in [1.165, 1.54) is 49.3 Å². The Hall–Kier alpha value is -1.10. The summed E-state index contributed by atoms with van der Waals surface area (Å²) in [5.74, 6) is 3.52. The van der Waals surface area contributed by atoms with Crippen molar-refractivity contribution in [3.05, 3.63) is 10.8 Å². The number of fused-ring (bicyclic) bond motifs is 3. The Kier molecular flexibility index (Phi) is 7.47. The molecule has 1 saturated heterocycles. The lowest BCUT2D eigenvalue weighted by molar-refractivity contribution is -0.124. The first-order chi connectivity index (χ1) is 19.2. The summed E-state index contributed by atoms with van der Waals surface area (Å²) in [6, 6.07) is 0. The minimum atomic E-state index is -2.35. The standard InChI is InChI=1S/C31H50N4O3P2Si/c1-17(2)41(18(3)4,19(5)6)38-29(31-14-24-11-25(15-31)13-26(12-24)16-31)30-39-27(20(7)32-34(39)22(9)36)28-21(8)33-35(23(10)37)40(28)30/h17-19,24-28H,11-16H2,1-10H3/t24?,25?,26?,27-,28-,31?,39?,40?/m0/s1. The maximum Gasteiger partial charge on any atom is 0.258 e. The largest absolute Gasteiger partial charge is 0.545 e. The van der Waals surface area contributed by atoms with Gasteiger partial charge in [-0.2, -0.15) is 10.2 Å². The van der Waals surface area contributed by atoms with Gasteiger partial charge in [0.2, 0.25) is 11.8 Å². The molecule has 4 aliphatic carbocycles. The summed E-state index contributed by atoms with van der Waals surface area (Å²) >= 11 is 0. The van der Waals surface area contributed by atoms with Crippen LogP contribution in [0, 0.1) is 23.2 Å². The topological polar surface area (TPSA) is 74.6 Å². The number of hydrazone groups is 2. The first-order valence-corrected chi connectivity index (χ1v) is 20.8. The van der Waals surface area contributed by atoms with Crippen LogP contribution in [0.1, 0.15) is 108 Å². The third-order valence-electron chi connectivity index (χ3n) is 11.3. The molecule has 4 bridgehead atoms. The molecule has 0 radical (unpaired) electrons. The van der Waals surface area contributed by atoms with E-state index in [9.17, 15) is 9.59 Å². The summed E-state index contributed by atoms with van der Waals surface area (Å²) in [6.45, 7) is 21.7. The molecule has 3 heterocycles. The van der Waals surface area contributed by atoms with Crippen LogP contribution in [0.2, 0.25) is 16.6 Å². The highest BCUT2D eigenvalue weighted by molar-refractivity contribution is 7.86. The summed E-state index contributed by atoms with van der Waals surface area (Å²) in [6.07, 6.45) is 7.66. The van der Waals surface area contributed by atoms with Gasteiger partial charge in [-0.25, -0.2) is 9.56 Å². The molecule has 7 aliphatic rings. The number of hydrogen-bond acceptors (Lipinski definition) is 5. The van der Waals surface area contributed by atoms with Crippen molar-refractivity contribution in [2.45, 2.75) is 136 Å². The van der Waals surface area contributed by atoms with Crippen molar-refractivity contribution in [3.8, 4) is 0 Å². The summed E-state index contributed by atoms with van der Waals surface area (Å²) in [5.41, 5.74) is 3.59. The molecule has 7 rings (SSSR count). The van der Waals surface area contributed by atoms with Crippen LogP contribution >= 0.6 is 16.1 Å². The van der Waals surface area contributed by atoms with Gasteiger partial charge in [-0.3, -0.25) is 9.59 Å². The summed E-state index contributed by atoms with van der Waals surface area (Å²) in [5, 5.41) is 11.1. The second-order valence-corrected chi connectivity index (χ2v) is 24.8. The zero-order valence-electron chi connectivity index (χ0n) is 26.8. The van der Waals surface area contributed by atoms with Gasteiger partial charge in [0.1, 0.15) is 0 Å². The molecule has 0 spiro atoms. The second-order valence-electron chi connectivity index (χ2n) is 14.9. The number of hydrogen-bond donors (Lipinski definition) is 0. The normalized spacial score (nSPS) is 37.3. The van der Waals surface area contributed by atoms with Crippen molar-refractivity contribution >= 4 is 47.7 Å². The van der Waals surface area contributed by atoms with Crippen molar-refractivity contribution in [2.24, 2.45) is 33.4 Å². The number of carbonyl (C=O) groups excluding carboxylic acids is 2. The monoisotopic (exact) mass is 616 g/mol. The van der Waals surface area contributed by atoms with Crippen LogP contribution in [0.4, 0.5) is 0 Å². The van der Waals surface area contributed by atoms with E-state index >= 15 is 0 Å². The maximum atomic E-state index is 13.3. The average Bonchev–Trinajstić information content (AvgIpc) is 3.48. The molecule has 0 aromatic carbocycles. The van der Waals surface area contributed by atoms with Crippen molar-refractivity contribution in [1.82, 2.24) is 9.56 Å². The van der Waals surface area contributed by atoms with Gasteiger partial charge in [0.25, 0.3) is 8.32 Å². The van der Waals surface area contributed by atoms with Crippen molar-refractivity contribution < 1.29 is 14.0 Å². The molecule has 3 aliphatic heterocycles. The molecule has 0 aromatic heterocycles. The van der Waals surface area contributed by atoms with Gasteiger partial charge in [-0.1, -0.05) is 41.5 Å². The van der Waals surface area contributed by atoms with E-state index < -0.39 is 24.5 Å². The zero-order chi connectivity index (χ0) is 29.8. The molecule has 41 heavy (non-hydrogen) atoms. The van der Waals surface area contributed by atoms with Crippen molar-refractivity contribution in [2.75, 3.05) is 0 Å². The third-order valence-corrected chi connectivity index (χ3v) is 24.0. The van der Waals surface area contributed by atoms with Crippen molar-refractivity contribution in [1.29, 1.82) is 0 Å². The van der Waals surface area contributed by atoms with E-state index in [1.54, 1.807) is 13.8 Å². The smallest absolute Gasteiger partial charge is 0.258 e. The Morgan fingerprint density at radius 2 is 1.15 bits per heavy atom. The molecule has 10 heteroatoms. The number of amides is 2. The van der Waals surface area contributed by atoms with E-state index in [-0.39, 0.29) is 28.5 Å². The van der Waals surface area contributed by atoms with Gasteiger partial charge in [-0.05, 0) is 86.7 Å². The van der Waals surface area contributed by atoms with Crippen molar-refractivity contribution in [3.63, 3.8) is 0 Å². The molecule has 2 amide bonds. The Morgan fingerprint density at radius 3 is 1.46 bits per heavy atom. The quantitative estimate of drug-likeness (QED) is 0.170. The van der Waals surface area contributed by atoms with Gasteiger partial charge in [0.05, 0.1) is 38.3 Å². The fourth-order valence-electron chi connectivity index (χ4n) is 10.3. The average molecular weight is 617 g/mol. The molecular formula is C31H50N4O3P2Si. The second kappa shape index (κ2) is 10.2. The SMILES string of the molecule is CC(=O)N1N=C(C)[C@H]2[C@@H]3C(C)=NN(C(C)=O)P3C(=C(O[Si](C(C)C)(C(C)C)C(C)C)C34CC5CC(CC(C5)C3)C4)P21. The molecule has 0 N–H and O–H groups in total. The molecule has 4 saturated carbocycles. The number of carbonyl (C=O) groups is 2. The lowest BCUT2D eigenvalue weighted by Gasteiger charge is -2.59. The predicted molar refractivity (Wildman–Crippen MR) is 172 cm³/mol. The highest BCUT2D eigenvalue weighted by atomic mass is 31.2. The minimum absolute atomic E-state index is 0.000510. The van der Waals surface area contributed by atoms with Crippen LogP contribution in [-0.2, 0) is 14.0 Å². The van der Waals surface area contributed by atoms with Crippen LogP contribution in [0.25, 0.3) is 0 Å². The first-order valence-electron chi connectivity index (χ1n) is 16.0. The number of rotatable bonds is 6. The van der Waals surface area contributed by atoms with Gasteiger partial charge in [0.15, 0.2) is 0 Å². The van der Waals surface area contributed by atoms with Crippen LogP contribution in [0.5, 0.6) is 0 Å². The third kappa shape index (κ3) is 4.31. The van der Waals surface area contributed by atoms with Gasteiger partial charge in [-0.15, -0.1) is 0 Å². The molecule has 7 nitrogen and oxygen atoms in total. The molecule has 5 fully saturated rings. The molecule has 0 aromatic rings. The Bertz CT molecular complexity index is 1140. The van der Waals surface area contributed by atoms with Crippen LogP contribution < -0.4 is 0 Å². The first kappa shape index (κ1) is 29.9. The fraction of sp³-hybridized carbons (Fsp3) is 0.806. The van der Waals surface area contributed by atoms with Crippen LogP contribution in [-0.4, -0.2) is 52.4 Å². The van der Waals surface area contributed by atoms with Crippen LogP contribution in [0.3, 0.4) is 0 Å². The van der Waals surface area contributed by atoms with Gasteiger partial charge < -0.3 is 4.43 Å². The van der Waals surface area contributed by atoms with E-state index in [2.05, 4.69) is 55.4 Å². The van der Waals surface area contributed by atoms with E-state index in [0.29, 0.717) is 16.6 Å². The maximum absolute atomic E-state index is 13.3. The predicted octanol–water partition coefficient (Wildman–Crippen LogP) is 8.58. The Morgan fingerprint density at radius 1 is 0.780 bits per heavy atom. The summed E-state index contributed by atoms with van der Waals surface area (Å²) in [4.78, 5) is 26.5. The Balaban J connectivity index is 1.65. The zero-order valence-corrected chi connectivity index (χ0v) is 29.6. The number of nitrogens with zero attached hydrogens (tertiary/aromatic N) is 4. The highest BCUT2D eigenvalue weighted by Gasteiger charge is 2.65. The number of allylic oxidation sites excluding steroid dienone is 1. The minimum Gasteiger partial charge on any atom is -0.545 e. The highest BCUT2D eigenvalue weighted by Crippen LogP contribution is 2.84. The fourth-order valence-corrected chi connectivity index (χ4v) is 23.9. The van der Waals surface area contributed by atoms with Crippen LogP contribution in [0.15, 0.2) is 21.0 Å². The molecular weight excluding hydrogens is 566 g/mol. The Labute approximate surface area is 250 Å². The van der Waals surface area contributed by atoms with Gasteiger partial charge in [0, 0.05) is 30.7 Å². The summed E-state index contributed by atoms with van der Waals surface area (Å²) in [7, 11) is -4.55. The van der Waals surface area contributed by atoms with E-state index in [1.807, 2.05) is 9.56 Å². The van der Waals surface area contributed by atoms with E-state index in [0.717, 1.165) is 29.2 Å². The van der Waals surface area contributed by atoms with E-state index in [4.69, 9.17) is 14.6 Å². The van der Waals surface area contributed by atoms with Gasteiger partial charge >= 0.3 is 0 Å². The molecule has 226 valence electrons. The molecule has 4 atom stereocenters. The lowest BCUT2D eigenvalue weighted by Crippen LogP contribution is -2.53. The summed E-state index contributed by atoms with van der Waals surface area (Å²) < 4.78 is 11.7.